The van der Waals surface area contributed by atoms with Crippen molar-refractivity contribution in [3.63, 3.8) is 0 Å². The van der Waals surface area contributed by atoms with E-state index in [2.05, 4.69) is 6.92 Å². The highest BCUT2D eigenvalue weighted by molar-refractivity contribution is 7.89. The Kier molecular flexibility index (Phi) is 6.91. The van der Waals surface area contributed by atoms with Crippen LogP contribution in [0.3, 0.4) is 0 Å². The van der Waals surface area contributed by atoms with Gasteiger partial charge in [0.2, 0.25) is 15.9 Å². The summed E-state index contributed by atoms with van der Waals surface area (Å²) in [6, 6.07) is 13.7. The summed E-state index contributed by atoms with van der Waals surface area (Å²) in [5.74, 6) is 1.40. The van der Waals surface area contributed by atoms with Crippen molar-refractivity contribution in [2.24, 2.45) is 11.8 Å². The second kappa shape index (κ2) is 9.94. The number of aryl methyl sites for hydroxylation is 2. The van der Waals surface area contributed by atoms with Crippen LogP contribution >= 0.6 is 0 Å². The number of nitrogens with zero attached hydrogens (tertiary/aromatic N) is 2. The Morgan fingerprint density at radius 1 is 1.03 bits per heavy atom. The van der Waals surface area contributed by atoms with E-state index in [1.54, 1.807) is 17.5 Å². The lowest BCUT2D eigenvalue weighted by molar-refractivity contribution is -0.140. The normalized spacial score (nSPS) is 19.8. The van der Waals surface area contributed by atoms with E-state index in [4.69, 9.17) is 4.74 Å². The number of hydrogen-bond acceptors (Lipinski definition) is 4. The number of amides is 1. The van der Waals surface area contributed by atoms with E-state index in [-0.39, 0.29) is 17.9 Å². The van der Waals surface area contributed by atoms with Crippen molar-refractivity contribution in [2.45, 2.75) is 69.4 Å². The monoisotopic (exact) mass is 496 g/mol. The van der Waals surface area contributed by atoms with E-state index in [9.17, 15) is 13.2 Å². The van der Waals surface area contributed by atoms with Crippen molar-refractivity contribution in [3.05, 3.63) is 59.2 Å². The lowest BCUT2D eigenvalue weighted by Crippen LogP contribution is -2.47. The fraction of sp³-hybridized carbons (Fsp3) is 0.536. The second-order valence-corrected chi connectivity index (χ2v) is 12.3. The lowest BCUT2D eigenvalue weighted by Gasteiger charge is -2.36. The van der Waals surface area contributed by atoms with Crippen LogP contribution in [0, 0.1) is 11.8 Å². The van der Waals surface area contributed by atoms with Gasteiger partial charge < -0.3 is 9.64 Å². The Hall–Kier alpha value is -2.38. The molecule has 35 heavy (non-hydrogen) atoms. The molecule has 0 radical (unpaired) electrons. The van der Waals surface area contributed by atoms with Crippen molar-refractivity contribution in [1.82, 2.24) is 9.21 Å². The summed E-state index contributed by atoms with van der Waals surface area (Å²) in [6.45, 7) is 3.52. The highest BCUT2D eigenvalue weighted by Gasteiger charge is 2.39. The first-order chi connectivity index (χ1) is 16.9. The van der Waals surface area contributed by atoms with Crippen LogP contribution in [-0.4, -0.2) is 49.8 Å². The van der Waals surface area contributed by atoms with E-state index in [0.29, 0.717) is 43.3 Å². The van der Waals surface area contributed by atoms with Crippen LogP contribution < -0.4 is 4.74 Å². The maximum absolute atomic E-state index is 13.7. The number of piperidine rings is 1. The van der Waals surface area contributed by atoms with Crippen LogP contribution in [0.2, 0.25) is 0 Å². The summed E-state index contributed by atoms with van der Waals surface area (Å²) in [4.78, 5) is 16.1. The zero-order valence-electron chi connectivity index (χ0n) is 20.8. The van der Waals surface area contributed by atoms with Crippen molar-refractivity contribution in [1.29, 1.82) is 0 Å². The molecule has 1 saturated carbocycles. The standard InChI is InChI=1S/C28H36N2O4S/c1-20(22-8-9-22)30(19-21-6-11-26(34-2)12-7-21)28(31)24-14-16-29(17-15-24)35(32,33)27-13-10-23-4-3-5-25(23)18-27/h6-7,10-13,18,20,22,24H,3-5,8-9,14-17,19H2,1-2H3. The van der Waals surface area contributed by atoms with Gasteiger partial charge in [0.05, 0.1) is 12.0 Å². The number of carbonyl (C=O) groups excluding carboxylic acids is 1. The predicted octanol–water partition coefficient (Wildman–Crippen LogP) is 4.41. The minimum absolute atomic E-state index is 0.138. The first-order valence-electron chi connectivity index (χ1n) is 12.9. The third-order valence-electron chi connectivity index (χ3n) is 8.10. The van der Waals surface area contributed by atoms with Crippen LogP contribution in [0.25, 0.3) is 0 Å². The molecule has 1 atom stereocenters. The third-order valence-corrected chi connectivity index (χ3v) is 10.00. The van der Waals surface area contributed by atoms with E-state index in [0.717, 1.165) is 30.6 Å². The SMILES string of the molecule is COc1ccc(CN(C(=O)C2CCN(S(=O)(=O)c3ccc4c(c3)CCC4)CC2)C(C)C2CC2)cc1. The first-order valence-corrected chi connectivity index (χ1v) is 14.4. The molecule has 3 aliphatic rings. The van der Waals surface area contributed by atoms with E-state index in [1.807, 2.05) is 41.3 Å². The molecule has 0 spiro atoms. The zero-order chi connectivity index (χ0) is 24.6. The predicted molar refractivity (Wildman–Crippen MR) is 136 cm³/mol. The van der Waals surface area contributed by atoms with Gasteiger partial charge in [0, 0.05) is 31.6 Å². The number of benzene rings is 2. The van der Waals surface area contributed by atoms with Gasteiger partial charge in [0.25, 0.3) is 0 Å². The van der Waals surface area contributed by atoms with Gasteiger partial charge in [-0.15, -0.1) is 0 Å². The summed E-state index contributed by atoms with van der Waals surface area (Å²) < 4.78 is 33.5. The average Bonchev–Trinajstić information content (AvgIpc) is 3.63. The average molecular weight is 497 g/mol. The van der Waals surface area contributed by atoms with Gasteiger partial charge in [-0.3, -0.25) is 4.79 Å². The molecule has 0 bridgehead atoms. The number of sulfonamides is 1. The van der Waals surface area contributed by atoms with Gasteiger partial charge >= 0.3 is 0 Å². The van der Waals surface area contributed by atoms with Gasteiger partial charge in [-0.1, -0.05) is 18.2 Å². The molecule has 1 aliphatic heterocycles. The smallest absolute Gasteiger partial charge is 0.243 e. The number of hydrogen-bond donors (Lipinski definition) is 0. The molecular weight excluding hydrogens is 460 g/mol. The molecule has 6 nitrogen and oxygen atoms in total. The van der Waals surface area contributed by atoms with Crippen LogP contribution in [0.4, 0.5) is 0 Å². The van der Waals surface area contributed by atoms with Crippen molar-refractivity contribution in [3.8, 4) is 5.75 Å². The molecule has 1 unspecified atom stereocenters. The highest BCUT2D eigenvalue weighted by atomic mass is 32.2. The van der Waals surface area contributed by atoms with E-state index >= 15 is 0 Å². The molecule has 1 amide bonds. The highest BCUT2D eigenvalue weighted by Crippen LogP contribution is 2.37. The minimum atomic E-state index is -3.53. The largest absolute Gasteiger partial charge is 0.497 e. The summed E-state index contributed by atoms with van der Waals surface area (Å²) in [5, 5.41) is 0. The van der Waals surface area contributed by atoms with Gasteiger partial charge in [-0.05, 0) is 98.7 Å². The molecule has 2 fully saturated rings. The van der Waals surface area contributed by atoms with Gasteiger partial charge in [0.15, 0.2) is 0 Å². The van der Waals surface area contributed by atoms with E-state index < -0.39 is 10.0 Å². The van der Waals surface area contributed by atoms with Crippen LogP contribution in [0.1, 0.15) is 55.7 Å². The van der Waals surface area contributed by atoms with Crippen molar-refractivity contribution < 1.29 is 17.9 Å². The first kappa shape index (κ1) is 24.3. The minimum Gasteiger partial charge on any atom is -0.497 e. The fourth-order valence-corrected chi connectivity index (χ4v) is 7.14. The van der Waals surface area contributed by atoms with Crippen molar-refractivity contribution >= 4 is 15.9 Å². The van der Waals surface area contributed by atoms with E-state index in [1.165, 1.54) is 24.0 Å². The molecule has 1 saturated heterocycles. The quantitative estimate of drug-likeness (QED) is 0.543. The van der Waals surface area contributed by atoms with Crippen LogP contribution in [-0.2, 0) is 34.2 Å². The number of fused-ring (bicyclic) bond motifs is 1. The molecule has 0 aromatic heterocycles. The summed E-state index contributed by atoms with van der Waals surface area (Å²) in [6.07, 6.45) is 6.57. The Morgan fingerprint density at radius 2 is 1.71 bits per heavy atom. The Balaban J connectivity index is 1.26. The molecule has 188 valence electrons. The topological polar surface area (TPSA) is 66.9 Å². The van der Waals surface area contributed by atoms with Crippen LogP contribution in [0.15, 0.2) is 47.4 Å². The molecule has 1 heterocycles. The van der Waals surface area contributed by atoms with Gasteiger partial charge in [-0.25, -0.2) is 8.42 Å². The number of methoxy groups -OCH3 is 1. The third kappa shape index (κ3) is 5.12. The second-order valence-electron chi connectivity index (χ2n) is 10.4. The Labute approximate surface area is 209 Å². The molecule has 2 aromatic rings. The van der Waals surface area contributed by atoms with Gasteiger partial charge in [-0.2, -0.15) is 4.31 Å². The molecular formula is C28H36N2O4S. The Morgan fingerprint density at radius 3 is 2.37 bits per heavy atom. The number of rotatable bonds is 8. The maximum atomic E-state index is 13.7. The van der Waals surface area contributed by atoms with Crippen LogP contribution in [0.5, 0.6) is 5.75 Å². The maximum Gasteiger partial charge on any atom is 0.243 e. The molecule has 7 heteroatoms. The van der Waals surface area contributed by atoms with Gasteiger partial charge in [0.1, 0.15) is 5.75 Å². The Bertz CT molecular complexity index is 1170. The number of carbonyl (C=O) groups is 1. The lowest BCUT2D eigenvalue weighted by atomic mass is 9.95. The summed E-state index contributed by atoms with van der Waals surface area (Å²) in [5.41, 5.74) is 3.53. The summed E-state index contributed by atoms with van der Waals surface area (Å²) >= 11 is 0. The number of ether oxygens (including phenoxy) is 1. The molecule has 2 aliphatic carbocycles. The zero-order valence-corrected chi connectivity index (χ0v) is 21.6. The van der Waals surface area contributed by atoms with Crippen molar-refractivity contribution in [2.75, 3.05) is 20.2 Å². The molecule has 5 rings (SSSR count). The molecule has 0 N–H and O–H groups in total. The fourth-order valence-electron chi connectivity index (χ4n) is 5.62. The summed E-state index contributed by atoms with van der Waals surface area (Å²) in [7, 11) is -1.88. The molecule has 2 aromatic carbocycles.